The molecule has 0 fully saturated rings. The molecule has 162 valence electrons. The molecule has 0 amide bonds. The average Bonchev–Trinajstić information content (AvgIpc) is 3.09. The summed E-state index contributed by atoms with van der Waals surface area (Å²) in [5.74, 6) is 0.577. The van der Waals surface area contributed by atoms with E-state index in [1.54, 1.807) is 60.7 Å². The van der Waals surface area contributed by atoms with Gasteiger partial charge in [0.2, 0.25) is 5.78 Å². The predicted molar refractivity (Wildman–Crippen MR) is 123 cm³/mol. The number of benzene rings is 3. The van der Waals surface area contributed by atoms with Gasteiger partial charge in [-0.25, -0.2) is 4.79 Å². The Hall–Kier alpha value is -3.28. The number of carbonyl (C=O) groups is 2. The van der Waals surface area contributed by atoms with Crippen molar-refractivity contribution in [3.8, 4) is 11.5 Å². The zero-order chi connectivity index (χ0) is 22.8. The summed E-state index contributed by atoms with van der Waals surface area (Å²) >= 11 is 12.2. The van der Waals surface area contributed by atoms with E-state index in [0.29, 0.717) is 38.2 Å². The summed E-state index contributed by atoms with van der Waals surface area (Å²) in [6.45, 7) is 2.12. The van der Waals surface area contributed by atoms with Gasteiger partial charge in [0.25, 0.3) is 0 Å². The van der Waals surface area contributed by atoms with Gasteiger partial charge >= 0.3 is 5.97 Å². The molecule has 32 heavy (non-hydrogen) atoms. The van der Waals surface area contributed by atoms with E-state index < -0.39 is 5.97 Å². The molecule has 5 nitrogen and oxygen atoms in total. The number of rotatable bonds is 5. The van der Waals surface area contributed by atoms with Gasteiger partial charge in [0.15, 0.2) is 5.76 Å². The number of allylic oxidation sites excluding steroid dienone is 1. The highest BCUT2D eigenvalue weighted by molar-refractivity contribution is 6.35. The summed E-state index contributed by atoms with van der Waals surface area (Å²) < 4.78 is 16.4. The maximum absolute atomic E-state index is 12.9. The van der Waals surface area contributed by atoms with Crippen molar-refractivity contribution in [1.82, 2.24) is 0 Å². The molecule has 1 aliphatic heterocycles. The highest BCUT2D eigenvalue weighted by Gasteiger charge is 2.30. The number of ether oxygens (including phenoxy) is 3. The Labute approximate surface area is 195 Å². The number of esters is 1. The Morgan fingerprint density at radius 1 is 1.06 bits per heavy atom. The fraction of sp³-hybridized carbons (Fsp3) is 0.120. The lowest BCUT2D eigenvalue weighted by molar-refractivity contribution is 0.0600. The molecule has 0 saturated heterocycles. The van der Waals surface area contributed by atoms with E-state index in [2.05, 4.69) is 0 Å². The van der Waals surface area contributed by atoms with Crippen molar-refractivity contribution in [2.45, 2.75) is 13.5 Å². The van der Waals surface area contributed by atoms with Crippen molar-refractivity contribution in [2.24, 2.45) is 0 Å². The molecule has 1 heterocycles. The predicted octanol–water partition coefficient (Wildman–Crippen LogP) is 6.28. The Balaban J connectivity index is 1.52. The highest BCUT2D eigenvalue weighted by atomic mass is 35.5. The molecule has 0 unspecified atom stereocenters. The largest absolute Gasteiger partial charge is 0.489 e. The molecule has 0 radical (unpaired) electrons. The molecule has 3 aromatic carbocycles. The molecule has 1 aliphatic rings. The van der Waals surface area contributed by atoms with Crippen LogP contribution in [0.4, 0.5) is 0 Å². The Morgan fingerprint density at radius 2 is 1.81 bits per heavy atom. The van der Waals surface area contributed by atoms with Crippen molar-refractivity contribution in [3.63, 3.8) is 0 Å². The van der Waals surface area contributed by atoms with Gasteiger partial charge < -0.3 is 14.2 Å². The van der Waals surface area contributed by atoms with E-state index in [4.69, 9.17) is 37.4 Å². The second-order valence-electron chi connectivity index (χ2n) is 7.20. The lowest BCUT2D eigenvalue weighted by Gasteiger charge is -2.09. The van der Waals surface area contributed by atoms with Crippen LogP contribution in [0.1, 0.15) is 37.4 Å². The first-order chi connectivity index (χ1) is 15.4. The second kappa shape index (κ2) is 9.07. The molecular weight excluding hydrogens is 451 g/mol. The number of aryl methyl sites for hydroxylation is 1. The summed E-state index contributed by atoms with van der Waals surface area (Å²) in [5.41, 5.74) is 3.23. The first-order valence-corrected chi connectivity index (χ1v) is 10.5. The molecular formula is C25H18Cl2O5. The normalized spacial score (nSPS) is 13.6. The third-order valence-electron chi connectivity index (χ3n) is 4.97. The van der Waals surface area contributed by atoms with Gasteiger partial charge in [-0.3, -0.25) is 4.79 Å². The van der Waals surface area contributed by atoms with E-state index in [1.807, 2.05) is 6.92 Å². The van der Waals surface area contributed by atoms with Crippen molar-refractivity contribution < 1.29 is 23.8 Å². The van der Waals surface area contributed by atoms with Gasteiger partial charge in [-0.1, -0.05) is 41.4 Å². The van der Waals surface area contributed by atoms with E-state index in [1.165, 1.54) is 7.11 Å². The molecule has 0 N–H and O–H groups in total. The average molecular weight is 469 g/mol. The van der Waals surface area contributed by atoms with Gasteiger partial charge in [0.1, 0.15) is 18.1 Å². The van der Waals surface area contributed by atoms with Gasteiger partial charge in [0, 0.05) is 16.1 Å². The topological polar surface area (TPSA) is 61.8 Å². The van der Waals surface area contributed by atoms with Crippen LogP contribution < -0.4 is 9.47 Å². The maximum Gasteiger partial charge on any atom is 0.337 e. The number of hydrogen-bond acceptors (Lipinski definition) is 5. The summed E-state index contributed by atoms with van der Waals surface area (Å²) in [4.78, 5) is 24.4. The van der Waals surface area contributed by atoms with Crippen LogP contribution in [0.3, 0.4) is 0 Å². The zero-order valence-electron chi connectivity index (χ0n) is 17.3. The summed E-state index contributed by atoms with van der Waals surface area (Å²) in [5, 5.41) is 0.938. The zero-order valence-corrected chi connectivity index (χ0v) is 18.8. The highest BCUT2D eigenvalue weighted by Crippen LogP contribution is 2.38. The number of Topliss-reactive ketones (excluding diaryl/α,β-unsaturated/α-hetero) is 1. The van der Waals surface area contributed by atoms with Gasteiger partial charge in [-0.05, 0) is 60.0 Å². The molecule has 0 spiro atoms. The van der Waals surface area contributed by atoms with Crippen molar-refractivity contribution in [3.05, 3.63) is 98.2 Å². The minimum absolute atomic E-state index is 0.183. The van der Waals surface area contributed by atoms with Crippen LogP contribution in [0, 0.1) is 6.92 Å². The fourth-order valence-electron chi connectivity index (χ4n) is 3.34. The van der Waals surface area contributed by atoms with E-state index in [0.717, 1.165) is 11.1 Å². The molecule has 0 bridgehead atoms. The third-order valence-corrected chi connectivity index (χ3v) is 5.54. The second-order valence-corrected chi connectivity index (χ2v) is 8.04. The van der Waals surface area contributed by atoms with Crippen LogP contribution in [0.2, 0.25) is 10.0 Å². The Bertz CT molecular complexity index is 1250. The van der Waals surface area contributed by atoms with Gasteiger partial charge in [-0.2, -0.15) is 0 Å². The lowest BCUT2D eigenvalue weighted by atomic mass is 10.0. The minimum Gasteiger partial charge on any atom is -0.489 e. The molecule has 3 aromatic rings. The van der Waals surface area contributed by atoms with Crippen LogP contribution in [0.25, 0.3) is 6.08 Å². The minimum atomic E-state index is -0.391. The van der Waals surface area contributed by atoms with Crippen LogP contribution in [-0.2, 0) is 11.3 Å². The first-order valence-electron chi connectivity index (χ1n) is 9.69. The number of carbonyl (C=O) groups excluding carboxylic acids is 2. The Morgan fingerprint density at radius 3 is 2.50 bits per heavy atom. The number of halogens is 2. The van der Waals surface area contributed by atoms with Crippen LogP contribution in [-0.4, -0.2) is 18.9 Å². The van der Waals surface area contributed by atoms with Crippen molar-refractivity contribution in [1.29, 1.82) is 0 Å². The van der Waals surface area contributed by atoms with Crippen LogP contribution >= 0.6 is 23.2 Å². The number of ketones is 1. The summed E-state index contributed by atoms with van der Waals surface area (Å²) in [6.07, 6.45) is 1.60. The van der Waals surface area contributed by atoms with Crippen molar-refractivity contribution in [2.75, 3.05) is 7.11 Å². The summed E-state index contributed by atoms with van der Waals surface area (Å²) in [6, 6.07) is 15.5. The standard InChI is InChI=1S/C25H18Cl2O5/c1-14-9-19(31-13-15-3-5-16(6-4-15)25(29)30-2)12-21-23(14)24(28)22(32-21)10-17-7-8-18(26)11-20(17)27/h3-12H,13H2,1-2H3/b22-10-. The maximum atomic E-state index is 12.9. The molecule has 7 heteroatoms. The lowest BCUT2D eigenvalue weighted by Crippen LogP contribution is -2.02. The smallest absolute Gasteiger partial charge is 0.337 e. The fourth-order valence-corrected chi connectivity index (χ4v) is 3.81. The third kappa shape index (κ3) is 4.49. The van der Waals surface area contributed by atoms with Gasteiger partial charge in [0.05, 0.1) is 18.2 Å². The molecule has 0 aromatic heterocycles. The van der Waals surface area contributed by atoms with Crippen LogP contribution in [0.15, 0.2) is 60.4 Å². The van der Waals surface area contributed by atoms with E-state index in [-0.39, 0.29) is 18.1 Å². The molecule has 4 rings (SSSR count). The number of fused-ring (bicyclic) bond motifs is 1. The molecule has 0 atom stereocenters. The SMILES string of the molecule is COC(=O)c1ccc(COc2cc(C)c3c(c2)O/C(=C\c2ccc(Cl)cc2Cl)C3=O)cc1. The number of methoxy groups -OCH3 is 1. The first kappa shape index (κ1) is 21.9. The van der Waals surface area contributed by atoms with Crippen LogP contribution in [0.5, 0.6) is 11.5 Å². The van der Waals surface area contributed by atoms with E-state index in [9.17, 15) is 9.59 Å². The Kier molecular flexibility index (Phi) is 6.21. The number of hydrogen-bond donors (Lipinski definition) is 0. The van der Waals surface area contributed by atoms with Gasteiger partial charge in [-0.15, -0.1) is 0 Å². The summed E-state index contributed by atoms with van der Waals surface area (Å²) in [7, 11) is 1.34. The molecule has 0 aliphatic carbocycles. The van der Waals surface area contributed by atoms with E-state index >= 15 is 0 Å². The molecule has 0 saturated carbocycles. The van der Waals surface area contributed by atoms with Crippen molar-refractivity contribution >= 4 is 41.0 Å². The monoisotopic (exact) mass is 468 g/mol. The quantitative estimate of drug-likeness (QED) is 0.325.